The molecule has 3 heteroatoms. The number of hydrogen-bond donors (Lipinski definition) is 2. The molecule has 0 atom stereocenters. The minimum absolute atomic E-state index is 0.132. The average molecular weight is 287 g/mol. The van der Waals surface area contributed by atoms with E-state index in [1.165, 1.54) is 0 Å². The average Bonchev–Trinajstić information content (AvgIpc) is 2.57. The fraction of sp³-hybridized carbons (Fsp3) is 0. The predicted molar refractivity (Wildman–Crippen MR) is 88.6 cm³/mol. The highest BCUT2D eigenvalue weighted by Crippen LogP contribution is 2.38. The van der Waals surface area contributed by atoms with Crippen LogP contribution in [0.15, 0.2) is 73.1 Å². The van der Waals surface area contributed by atoms with Crippen LogP contribution in [0.4, 0.5) is 5.69 Å². The highest BCUT2D eigenvalue weighted by molar-refractivity contribution is 6.03. The van der Waals surface area contributed by atoms with Gasteiger partial charge < -0.3 is 10.8 Å². The van der Waals surface area contributed by atoms with E-state index in [-0.39, 0.29) is 5.75 Å². The lowest BCUT2D eigenvalue weighted by Gasteiger charge is -2.10. The van der Waals surface area contributed by atoms with Gasteiger partial charge in [-0.05, 0) is 23.3 Å². The Hall–Kier alpha value is -3.07. The summed E-state index contributed by atoms with van der Waals surface area (Å²) in [4.78, 5) is 0. The summed E-state index contributed by atoms with van der Waals surface area (Å²) in [5.41, 5.74) is 9.57. The van der Waals surface area contributed by atoms with Gasteiger partial charge in [-0.3, -0.25) is 0 Å². The van der Waals surface area contributed by atoms with Gasteiger partial charge >= 0.3 is 0 Å². The summed E-state index contributed by atoms with van der Waals surface area (Å²) < 4.78 is 1.98. The first-order chi connectivity index (χ1) is 10.7. The van der Waals surface area contributed by atoms with Gasteiger partial charge in [-0.15, -0.1) is 0 Å². The summed E-state index contributed by atoms with van der Waals surface area (Å²) in [6.07, 6.45) is 3.88. The van der Waals surface area contributed by atoms with Crippen LogP contribution in [0.3, 0.4) is 0 Å². The van der Waals surface area contributed by atoms with Crippen LogP contribution in [0.5, 0.6) is 5.75 Å². The van der Waals surface area contributed by atoms with E-state index < -0.39 is 0 Å². The molecule has 0 aliphatic carbocycles. The molecule has 4 rings (SSSR count). The predicted octanol–water partition coefficient (Wildman–Crippen LogP) is 3.53. The first kappa shape index (κ1) is 12.7. The lowest BCUT2D eigenvalue weighted by atomic mass is 9.97. The Bertz CT molecular complexity index is 994. The Balaban J connectivity index is 2.17. The number of aromatic hydroxyl groups is 1. The van der Waals surface area contributed by atoms with Crippen LogP contribution in [-0.4, -0.2) is 5.11 Å². The summed E-state index contributed by atoms with van der Waals surface area (Å²) in [5, 5.41) is 12.1. The quantitative estimate of drug-likeness (QED) is 0.243. The number of nitrogens with zero attached hydrogens (tertiary/aromatic N) is 1. The van der Waals surface area contributed by atoms with Crippen molar-refractivity contribution in [1.29, 1.82) is 0 Å². The summed E-state index contributed by atoms with van der Waals surface area (Å²) in [6.45, 7) is 0. The molecule has 106 valence electrons. The van der Waals surface area contributed by atoms with Crippen molar-refractivity contribution < 1.29 is 9.51 Å². The molecule has 2 heterocycles. The summed E-state index contributed by atoms with van der Waals surface area (Å²) >= 11 is 0. The Morgan fingerprint density at radius 1 is 0.864 bits per heavy atom. The van der Waals surface area contributed by atoms with Crippen molar-refractivity contribution in [1.82, 2.24) is 0 Å². The molecule has 0 fully saturated rings. The number of aromatic nitrogens is 1. The van der Waals surface area contributed by atoms with Crippen molar-refractivity contribution in [2.75, 3.05) is 5.73 Å². The molecule has 4 aromatic rings. The fourth-order valence-corrected chi connectivity index (χ4v) is 2.87. The number of hydrogen-bond acceptors (Lipinski definition) is 2. The van der Waals surface area contributed by atoms with Gasteiger partial charge in [0.05, 0.1) is 11.1 Å². The smallest absolute Gasteiger partial charge is 0.211 e. The van der Waals surface area contributed by atoms with Gasteiger partial charge in [0.25, 0.3) is 0 Å². The number of nitrogen functional groups attached to an aromatic ring is 1. The van der Waals surface area contributed by atoms with E-state index in [4.69, 9.17) is 5.73 Å². The van der Waals surface area contributed by atoms with E-state index in [0.717, 1.165) is 27.4 Å². The lowest BCUT2D eigenvalue weighted by molar-refractivity contribution is -0.510. The number of phenols is 1. The third-order valence-electron chi connectivity index (χ3n) is 3.98. The zero-order valence-electron chi connectivity index (χ0n) is 11.9. The molecule has 3 nitrogen and oxygen atoms in total. The maximum atomic E-state index is 10.4. The van der Waals surface area contributed by atoms with Crippen LogP contribution in [0.2, 0.25) is 0 Å². The monoisotopic (exact) mass is 287 g/mol. The van der Waals surface area contributed by atoms with Gasteiger partial charge in [0.15, 0.2) is 18.1 Å². The third-order valence-corrected chi connectivity index (χ3v) is 3.98. The Labute approximate surface area is 127 Å². The van der Waals surface area contributed by atoms with Crippen LogP contribution >= 0.6 is 0 Å². The highest BCUT2D eigenvalue weighted by Gasteiger charge is 2.15. The van der Waals surface area contributed by atoms with Crippen LogP contribution in [-0.2, 0) is 0 Å². The van der Waals surface area contributed by atoms with E-state index >= 15 is 0 Å². The molecule has 2 aromatic carbocycles. The maximum Gasteiger partial charge on any atom is 0.211 e. The minimum Gasteiger partial charge on any atom is -0.505 e. The van der Waals surface area contributed by atoms with Crippen LogP contribution in [0.25, 0.3) is 27.4 Å². The van der Waals surface area contributed by atoms with Crippen molar-refractivity contribution in [2.24, 2.45) is 0 Å². The molecule has 0 radical (unpaired) electrons. The maximum absolute atomic E-state index is 10.4. The first-order valence-electron chi connectivity index (χ1n) is 7.15. The van der Waals surface area contributed by atoms with Crippen LogP contribution in [0, 0.1) is 0 Å². The van der Waals surface area contributed by atoms with Crippen molar-refractivity contribution in [3.05, 3.63) is 73.1 Å². The number of anilines is 1. The normalized spacial score (nSPS) is 11.1. The zero-order chi connectivity index (χ0) is 15.1. The zero-order valence-corrected chi connectivity index (χ0v) is 11.9. The first-order valence-corrected chi connectivity index (χ1v) is 7.15. The molecular formula is C19H15N2O+. The topological polar surface area (TPSA) is 50.3 Å². The Morgan fingerprint density at radius 2 is 1.64 bits per heavy atom. The second kappa shape index (κ2) is 4.74. The van der Waals surface area contributed by atoms with Crippen molar-refractivity contribution >= 4 is 22.0 Å². The van der Waals surface area contributed by atoms with Gasteiger partial charge in [-0.2, -0.15) is 4.40 Å². The molecule has 2 aromatic heterocycles. The van der Waals surface area contributed by atoms with Crippen molar-refractivity contribution in [3.63, 3.8) is 0 Å². The Morgan fingerprint density at radius 3 is 2.45 bits per heavy atom. The standard InChI is InChI=1S/C19H14N2O/c20-18-11-15(13-6-2-1-3-7-13)16-10-14-8-4-5-9-21(14)12-17(16)19(18)22/h1-12H,20H2/p+1. The molecule has 0 bridgehead atoms. The third kappa shape index (κ3) is 1.87. The largest absolute Gasteiger partial charge is 0.505 e. The van der Waals surface area contributed by atoms with Crippen LogP contribution < -0.4 is 10.1 Å². The molecule has 0 amide bonds. The van der Waals surface area contributed by atoms with E-state index in [1.807, 2.05) is 71.4 Å². The minimum atomic E-state index is 0.132. The molecular weight excluding hydrogens is 272 g/mol. The van der Waals surface area contributed by atoms with Gasteiger partial charge in [0, 0.05) is 23.6 Å². The van der Waals surface area contributed by atoms with E-state index in [2.05, 4.69) is 6.07 Å². The highest BCUT2D eigenvalue weighted by atomic mass is 16.3. The van der Waals surface area contributed by atoms with E-state index in [9.17, 15) is 5.11 Å². The second-order valence-electron chi connectivity index (χ2n) is 5.36. The summed E-state index contributed by atoms with van der Waals surface area (Å²) in [7, 11) is 0. The molecule has 0 saturated carbocycles. The number of pyridine rings is 2. The van der Waals surface area contributed by atoms with E-state index in [0.29, 0.717) is 5.69 Å². The summed E-state index contributed by atoms with van der Waals surface area (Å²) in [5.74, 6) is 0.132. The van der Waals surface area contributed by atoms with Gasteiger partial charge in [-0.1, -0.05) is 30.3 Å². The van der Waals surface area contributed by atoms with Gasteiger partial charge in [0.2, 0.25) is 5.52 Å². The molecule has 22 heavy (non-hydrogen) atoms. The van der Waals surface area contributed by atoms with Gasteiger partial charge in [-0.25, -0.2) is 0 Å². The van der Waals surface area contributed by atoms with E-state index in [1.54, 1.807) is 0 Å². The number of nitrogens with two attached hydrogens (primary N) is 1. The second-order valence-corrected chi connectivity index (χ2v) is 5.36. The molecule has 3 N–H and O–H groups in total. The van der Waals surface area contributed by atoms with Crippen molar-refractivity contribution in [2.45, 2.75) is 0 Å². The van der Waals surface area contributed by atoms with Crippen molar-refractivity contribution in [3.8, 4) is 16.9 Å². The Kier molecular flexibility index (Phi) is 2.73. The van der Waals surface area contributed by atoms with Gasteiger partial charge in [0.1, 0.15) is 0 Å². The molecule has 0 unspecified atom stereocenters. The number of phenolic OH excluding ortho intramolecular Hbond substituents is 1. The molecule has 0 aliphatic heterocycles. The number of rotatable bonds is 1. The fourth-order valence-electron chi connectivity index (χ4n) is 2.87. The molecule has 0 saturated heterocycles. The van der Waals surface area contributed by atoms with Crippen LogP contribution in [0.1, 0.15) is 0 Å². The molecule has 0 aliphatic rings. The molecule has 0 spiro atoms. The SMILES string of the molecule is Nc1cc(-c2ccccc2)c2cc3cccc[n+]3cc2c1O. The number of benzene rings is 2. The lowest BCUT2D eigenvalue weighted by Crippen LogP contribution is -2.19. The summed E-state index contributed by atoms with van der Waals surface area (Å²) in [6, 6.07) is 20.0. The number of fused-ring (bicyclic) bond motifs is 2.